The zero-order valence-electron chi connectivity index (χ0n) is 37.5. The van der Waals surface area contributed by atoms with Crippen LogP contribution in [0.3, 0.4) is 0 Å². The largest absolute Gasteiger partial charge is 2.00 e. The van der Waals surface area contributed by atoms with Crippen LogP contribution >= 0.6 is 97.7 Å². The van der Waals surface area contributed by atoms with Gasteiger partial charge in [-0.05, 0) is 60.7 Å². The van der Waals surface area contributed by atoms with Crippen LogP contribution in [0.4, 0.5) is 0 Å². The number of hydrogen-bond donors (Lipinski definition) is 0. The van der Waals surface area contributed by atoms with Crippen molar-refractivity contribution in [2.75, 3.05) is 0 Å². The fraction of sp³-hybridized carbons (Fsp3) is 0. The summed E-state index contributed by atoms with van der Waals surface area (Å²) in [6.45, 7) is 0. The Kier molecular flexibility index (Phi) is 108. The minimum atomic E-state index is 0. The summed E-state index contributed by atoms with van der Waals surface area (Å²) < 4.78 is 0. The Hall–Kier alpha value is -6.39. The summed E-state index contributed by atoms with van der Waals surface area (Å²) in [5, 5.41) is 67.7. The molecule has 0 saturated carbocycles. The van der Waals surface area contributed by atoms with E-state index in [2.05, 4.69) is 128 Å². The summed E-state index contributed by atoms with van der Waals surface area (Å²) in [4.78, 5) is 20.9. The zero-order chi connectivity index (χ0) is 50.6. The molecule has 0 bridgehead atoms. The van der Waals surface area contributed by atoms with Crippen LogP contribution < -0.4 is 19.9 Å². The first-order valence-electron chi connectivity index (χ1n) is 17.0. The van der Waals surface area contributed by atoms with Gasteiger partial charge in [-0.2, -0.15) is 41.3 Å². The Morgan fingerprint density at radius 2 is 0.486 bits per heavy atom. The topological polar surface area (TPSA) is 387 Å². The van der Waals surface area contributed by atoms with Crippen molar-refractivity contribution in [2.45, 2.75) is 0 Å². The molecule has 6 heterocycles. The number of rotatable bonds is 6. The van der Waals surface area contributed by atoms with Gasteiger partial charge in [-0.3, -0.25) is 9.97 Å². The molecule has 0 aliphatic rings. The Morgan fingerprint density at radius 1 is 0.306 bits per heavy atom. The molecule has 0 fully saturated rings. The van der Waals surface area contributed by atoms with E-state index in [1.54, 1.807) is 12.4 Å². The van der Waals surface area contributed by atoms with Gasteiger partial charge in [0.25, 0.3) is 0 Å². The molecule has 6 aromatic heterocycles. The van der Waals surface area contributed by atoms with Crippen LogP contribution in [0.25, 0.3) is 79.7 Å². The van der Waals surface area contributed by atoms with E-state index in [9.17, 15) is 0 Å². The predicted molar refractivity (Wildman–Crippen MR) is 309 cm³/mol. The van der Waals surface area contributed by atoms with Crippen molar-refractivity contribution in [3.05, 3.63) is 224 Å². The molecule has 0 spiro atoms. The fourth-order valence-electron chi connectivity index (χ4n) is 3.52. The van der Waals surface area contributed by atoms with Crippen LogP contribution in [-0.2, 0) is 39.0 Å². The predicted octanol–water partition coefficient (Wildman–Crippen LogP) is 7.58. The van der Waals surface area contributed by atoms with Crippen LogP contribution in [-0.4, -0.2) is 73.2 Å². The molecular formula is C44H42N14O4S8Zn2. The first kappa shape index (κ1) is 91.8. The molecule has 6 rings (SSSR count). The van der Waals surface area contributed by atoms with E-state index < -0.39 is 0 Å². The molecule has 0 amide bonds. The van der Waals surface area contributed by atoms with Crippen molar-refractivity contribution in [1.29, 1.82) is 0 Å². The molecule has 0 aliphatic heterocycles. The molecule has 72 heavy (non-hydrogen) atoms. The van der Waals surface area contributed by atoms with Crippen molar-refractivity contribution >= 4 is 175 Å². The number of nitrogens with one attached hydrogen (secondary N) is 4. The number of aromatic amines is 4. The van der Waals surface area contributed by atoms with Crippen molar-refractivity contribution in [3.63, 3.8) is 0 Å². The number of nitrogens with zero attached hydrogens (tertiary/aromatic N) is 10. The van der Waals surface area contributed by atoms with E-state index in [4.69, 9.17) is 43.3 Å². The Labute approximate surface area is 485 Å². The van der Waals surface area contributed by atoms with Crippen LogP contribution in [0.15, 0.2) is 146 Å². The second-order valence-corrected chi connectivity index (χ2v) is 11.0. The third-order valence-corrected chi connectivity index (χ3v) is 5.62. The number of H-pyrrole nitrogens is 4. The SMILES string of the molecule is C(=C\c1cccc[nH+]1)/c1cccc[nH+]1.C(=C\c1cccc[nH+]1)/c1ccccn1.C(=C\c1cccc[nH+]1)/c1ccccn1.O.O.O.O.[N-]=C=S.[N-]=C=S.[N-]=C=S.[N-]=C=S.[N-]=C=S.[N-]=C=S.[N-]=C=S.[N-]=C=S.[Zn+2].[Zn+2]. The minimum absolute atomic E-state index is 0. The molecule has 364 valence electrons. The number of pyridine rings is 6. The van der Waals surface area contributed by atoms with Crippen LogP contribution in [0, 0.1) is 0 Å². The van der Waals surface area contributed by atoms with Crippen molar-refractivity contribution < 1.29 is 80.8 Å². The molecule has 0 radical (unpaired) electrons. The van der Waals surface area contributed by atoms with Crippen LogP contribution in [0.5, 0.6) is 0 Å². The summed E-state index contributed by atoms with van der Waals surface area (Å²) in [6.07, 6.45) is 23.2. The Bertz CT molecular complexity index is 2000. The molecule has 0 atom stereocenters. The molecule has 12 N–H and O–H groups in total. The van der Waals surface area contributed by atoms with Crippen molar-refractivity contribution in [3.8, 4) is 0 Å². The average Bonchev–Trinajstić information content (AvgIpc) is 3.34. The Balaban J connectivity index is -0.0000000683. The van der Waals surface area contributed by atoms with Gasteiger partial charge in [0.05, 0.1) is 11.4 Å². The molecular weight excluding hydrogens is 1180 g/mol. The number of hydrogen-bond acceptors (Lipinski definition) is 10. The summed E-state index contributed by atoms with van der Waals surface area (Å²) in [6, 6.07) is 35.6. The van der Waals surface area contributed by atoms with Gasteiger partial charge in [0.2, 0.25) is 22.8 Å². The molecule has 0 aromatic carbocycles. The molecule has 6 aromatic rings. The minimum Gasteiger partial charge on any atom is -0.753 e. The summed E-state index contributed by atoms with van der Waals surface area (Å²) in [5.41, 5.74) is 6.24. The average molecular weight is 1220 g/mol. The van der Waals surface area contributed by atoms with Gasteiger partial charge in [0.1, 0.15) is 0 Å². The molecule has 18 nitrogen and oxygen atoms in total. The van der Waals surface area contributed by atoms with Crippen molar-refractivity contribution in [1.82, 2.24) is 9.97 Å². The van der Waals surface area contributed by atoms with Crippen LogP contribution in [0.1, 0.15) is 34.2 Å². The van der Waals surface area contributed by atoms with Gasteiger partial charge in [-0.15, -0.1) is 0 Å². The molecule has 28 heteroatoms. The first-order valence-corrected chi connectivity index (χ1v) is 20.3. The monoisotopic (exact) mass is 1210 g/mol. The van der Waals surface area contributed by atoms with E-state index in [1.807, 2.05) is 170 Å². The van der Waals surface area contributed by atoms with Crippen LogP contribution in [0.2, 0.25) is 0 Å². The van der Waals surface area contributed by atoms with E-state index in [0.29, 0.717) is 0 Å². The maximum absolute atomic E-state index is 7.13. The van der Waals surface area contributed by atoms with Gasteiger partial charge in [0.15, 0.2) is 24.8 Å². The summed E-state index contributed by atoms with van der Waals surface area (Å²) in [5.74, 6) is 0. The first-order chi connectivity index (χ1) is 32.2. The van der Waals surface area contributed by atoms with Gasteiger partial charge < -0.3 is 65.2 Å². The van der Waals surface area contributed by atoms with E-state index in [0.717, 1.165) is 34.2 Å². The third kappa shape index (κ3) is 77.8. The van der Waals surface area contributed by atoms with E-state index >= 15 is 0 Å². The fourth-order valence-corrected chi connectivity index (χ4v) is 3.52. The van der Waals surface area contributed by atoms with Gasteiger partial charge in [0, 0.05) is 85.2 Å². The number of aromatic nitrogens is 6. The molecule has 0 aliphatic carbocycles. The normalized spacial score (nSPS) is 7.06. The maximum atomic E-state index is 7.13. The van der Waals surface area contributed by atoms with E-state index in [1.165, 1.54) is 41.3 Å². The smallest absolute Gasteiger partial charge is 0.753 e. The maximum Gasteiger partial charge on any atom is 2.00 e. The van der Waals surface area contributed by atoms with Crippen molar-refractivity contribution in [2.24, 2.45) is 0 Å². The standard InChI is InChI=1S/3C12H10N2.8CNS.4H2O.2Zn/c3*1-3-9-13-11(5-1)7-8-12-6-2-4-10-14-12;8*2-1-3;;;;;;/h3*1-10H;;;;;;;;;4*1H2;;/q;;;8*-1;;;;;2*+2/p+4/b3*8-7+;;;;;;;;;;;;;;. The van der Waals surface area contributed by atoms with Gasteiger partial charge in [-0.1, -0.05) is 110 Å². The third-order valence-electron chi connectivity index (χ3n) is 5.62. The number of thiocarbonyl (C=S) groups is 8. The van der Waals surface area contributed by atoms with Gasteiger partial charge >= 0.3 is 39.0 Å². The summed E-state index contributed by atoms with van der Waals surface area (Å²) >= 11 is 29.6. The summed E-state index contributed by atoms with van der Waals surface area (Å²) in [7, 11) is 0. The quantitative estimate of drug-likeness (QED) is 0.0893. The molecule has 0 unspecified atom stereocenters. The van der Waals surface area contributed by atoms with Gasteiger partial charge in [-0.25, -0.2) is 19.9 Å². The zero-order valence-corrected chi connectivity index (χ0v) is 49.9. The molecule has 0 saturated heterocycles. The second kappa shape index (κ2) is 84.5. The second-order valence-electron chi connectivity index (χ2n) is 9.51. The Morgan fingerprint density at radius 3 is 0.639 bits per heavy atom. The van der Waals surface area contributed by atoms with E-state index in [-0.39, 0.29) is 60.9 Å². The number of isothiocyanates is 8.